The molecule has 3 heterocycles. The van der Waals surface area contributed by atoms with Crippen molar-refractivity contribution >= 4 is 16.7 Å². The van der Waals surface area contributed by atoms with E-state index in [2.05, 4.69) is 0 Å². The number of pyridine rings is 1. The lowest BCUT2D eigenvalue weighted by atomic mass is 9.91. The summed E-state index contributed by atoms with van der Waals surface area (Å²) in [7, 11) is 4.61. The zero-order chi connectivity index (χ0) is 20.1. The van der Waals surface area contributed by atoms with E-state index in [0.717, 1.165) is 27.6 Å². The fourth-order valence-electron chi connectivity index (χ4n) is 4.16. The number of carbonyl (C=O) groups is 1. The van der Waals surface area contributed by atoms with Gasteiger partial charge in [0.05, 0.1) is 32.3 Å². The van der Waals surface area contributed by atoms with Gasteiger partial charge in [-0.25, -0.2) is 4.79 Å². The number of nitrogens with zero attached hydrogens (tertiary/aromatic N) is 1. The van der Waals surface area contributed by atoms with E-state index in [1.165, 1.54) is 7.11 Å². The summed E-state index contributed by atoms with van der Waals surface area (Å²) in [6.07, 6.45) is 2.43. The van der Waals surface area contributed by atoms with E-state index in [0.29, 0.717) is 29.4 Å². The first-order valence-corrected chi connectivity index (χ1v) is 9.25. The van der Waals surface area contributed by atoms with Crippen LogP contribution in [0.25, 0.3) is 22.0 Å². The van der Waals surface area contributed by atoms with E-state index in [1.807, 2.05) is 41.1 Å². The van der Waals surface area contributed by atoms with Gasteiger partial charge in [-0.2, -0.15) is 4.57 Å². The number of ether oxygens (including phenoxy) is 5. The maximum atomic E-state index is 12.6. The molecule has 1 aromatic heterocycles. The van der Waals surface area contributed by atoms with Crippen LogP contribution in [-0.4, -0.2) is 34.1 Å². The molecule has 3 aromatic rings. The van der Waals surface area contributed by atoms with E-state index in [9.17, 15) is 4.79 Å². The summed E-state index contributed by atoms with van der Waals surface area (Å²) in [6.45, 7) is 0.202. The molecule has 2 aromatic carbocycles. The summed E-state index contributed by atoms with van der Waals surface area (Å²) < 4.78 is 29.2. The Morgan fingerprint density at radius 2 is 1.86 bits per heavy atom. The van der Waals surface area contributed by atoms with Gasteiger partial charge >= 0.3 is 5.97 Å². The molecule has 5 rings (SSSR count). The molecule has 0 bridgehead atoms. The molecule has 0 N–H and O–H groups in total. The second kappa shape index (κ2) is 6.55. The largest absolute Gasteiger partial charge is 0.493 e. The number of benzene rings is 2. The lowest BCUT2D eigenvalue weighted by molar-refractivity contribution is -0.700. The van der Waals surface area contributed by atoms with Gasteiger partial charge < -0.3 is 23.7 Å². The quantitative estimate of drug-likeness (QED) is 0.503. The third-order valence-electron chi connectivity index (χ3n) is 5.55. The summed E-state index contributed by atoms with van der Waals surface area (Å²) in [5.74, 6) is 2.36. The summed E-state index contributed by atoms with van der Waals surface area (Å²) in [5, 5.41) is 1.83. The molecule has 1 unspecified atom stereocenters. The van der Waals surface area contributed by atoms with Crippen LogP contribution in [0.5, 0.6) is 23.0 Å². The average Bonchev–Trinajstić information content (AvgIpc) is 3.21. The molecule has 0 spiro atoms. The van der Waals surface area contributed by atoms with Crippen LogP contribution in [0.3, 0.4) is 0 Å². The van der Waals surface area contributed by atoms with Gasteiger partial charge in [-0.1, -0.05) is 0 Å². The molecule has 0 radical (unpaired) electrons. The first-order chi connectivity index (χ1) is 14.1. The summed E-state index contributed by atoms with van der Waals surface area (Å²) >= 11 is 0. The van der Waals surface area contributed by atoms with Gasteiger partial charge in [0.2, 0.25) is 12.5 Å². The lowest BCUT2D eigenvalue weighted by Gasteiger charge is -2.22. The SMILES string of the molecule is COC(=O)C1Cc2cc3c(cc2-c2cc4ccc(OC)c(OC)c4c[n+]21)OCO3. The maximum Gasteiger partial charge on any atom is 0.376 e. The van der Waals surface area contributed by atoms with Crippen molar-refractivity contribution in [1.29, 1.82) is 0 Å². The molecule has 2 aliphatic rings. The van der Waals surface area contributed by atoms with Crippen LogP contribution in [-0.2, 0) is 16.0 Å². The molecule has 148 valence electrons. The Bertz CT molecular complexity index is 1160. The van der Waals surface area contributed by atoms with E-state index < -0.39 is 6.04 Å². The topological polar surface area (TPSA) is 67.1 Å². The Balaban J connectivity index is 1.80. The van der Waals surface area contributed by atoms with E-state index in [1.54, 1.807) is 14.2 Å². The highest BCUT2D eigenvalue weighted by Gasteiger charge is 2.39. The minimum Gasteiger partial charge on any atom is -0.493 e. The molecule has 0 saturated carbocycles. The number of esters is 1. The van der Waals surface area contributed by atoms with Crippen LogP contribution < -0.4 is 23.5 Å². The van der Waals surface area contributed by atoms with Gasteiger partial charge in [-0.05, 0) is 35.2 Å². The number of carbonyl (C=O) groups excluding carboxylic acids is 1. The Morgan fingerprint density at radius 3 is 2.59 bits per heavy atom. The summed E-state index contributed by atoms with van der Waals surface area (Å²) in [6, 6.07) is 9.33. The van der Waals surface area contributed by atoms with E-state index in [-0.39, 0.29) is 12.8 Å². The van der Waals surface area contributed by atoms with Crippen molar-refractivity contribution in [2.24, 2.45) is 0 Å². The number of hydrogen-bond donors (Lipinski definition) is 0. The first kappa shape index (κ1) is 17.6. The molecule has 0 aliphatic carbocycles. The predicted octanol–water partition coefficient (Wildman–Crippen LogP) is 2.81. The smallest absolute Gasteiger partial charge is 0.376 e. The van der Waals surface area contributed by atoms with E-state index in [4.69, 9.17) is 23.7 Å². The highest BCUT2D eigenvalue weighted by molar-refractivity contribution is 5.92. The monoisotopic (exact) mass is 394 g/mol. The molecule has 0 saturated heterocycles. The molecule has 1 atom stereocenters. The van der Waals surface area contributed by atoms with Gasteiger partial charge in [0, 0.05) is 12.5 Å². The van der Waals surface area contributed by atoms with Crippen molar-refractivity contribution in [3.05, 3.63) is 42.1 Å². The molecule has 7 heteroatoms. The van der Waals surface area contributed by atoms with Crippen LogP contribution >= 0.6 is 0 Å². The molecule has 0 amide bonds. The van der Waals surface area contributed by atoms with Crippen molar-refractivity contribution in [3.8, 4) is 34.3 Å². The van der Waals surface area contributed by atoms with Crippen molar-refractivity contribution < 1.29 is 33.0 Å². The van der Waals surface area contributed by atoms with E-state index >= 15 is 0 Å². The zero-order valence-electron chi connectivity index (χ0n) is 16.4. The summed E-state index contributed by atoms with van der Waals surface area (Å²) in [4.78, 5) is 12.6. The molecule has 0 fully saturated rings. The van der Waals surface area contributed by atoms with Crippen LogP contribution in [0.4, 0.5) is 0 Å². The normalized spacial score (nSPS) is 16.2. The Hall–Kier alpha value is -3.48. The highest BCUT2D eigenvalue weighted by atomic mass is 16.7. The number of hydrogen-bond acceptors (Lipinski definition) is 6. The number of rotatable bonds is 3. The lowest BCUT2D eigenvalue weighted by Crippen LogP contribution is -2.49. The second-order valence-electron chi connectivity index (χ2n) is 6.98. The molecule has 29 heavy (non-hydrogen) atoms. The van der Waals surface area contributed by atoms with Crippen molar-refractivity contribution in [2.75, 3.05) is 28.1 Å². The molecular formula is C22H20NO6+. The number of aromatic nitrogens is 1. The van der Waals surface area contributed by atoms with Crippen LogP contribution in [0.15, 0.2) is 36.5 Å². The van der Waals surface area contributed by atoms with Gasteiger partial charge in [-0.3, -0.25) is 0 Å². The summed E-state index contributed by atoms with van der Waals surface area (Å²) in [5.41, 5.74) is 2.93. The zero-order valence-corrected chi connectivity index (χ0v) is 16.4. The number of methoxy groups -OCH3 is 3. The third kappa shape index (κ3) is 2.57. The van der Waals surface area contributed by atoms with Crippen LogP contribution in [0.1, 0.15) is 11.6 Å². The Morgan fingerprint density at radius 1 is 1.07 bits per heavy atom. The van der Waals surface area contributed by atoms with Gasteiger partial charge in [0.15, 0.2) is 29.2 Å². The standard InChI is InChI=1S/C22H20NO6/c1-25-18-5-4-12-6-16-14-9-20-19(28-11-29-20)8-13(14)7-17(22(24)27-3)23(16)10-15(12)21(18)26-2/h4-6,8-10,17H,7,11H2,1-3H3/q+1. The van der Waals surface area contributed by atoms with Gasteiger partial charge in [0.25, 0.3) is 6.04 Å². The fraction of sp³-hybridized carbons (Fsp3) is 0.273. The Kier molecular flexibility index (Phi) is 3.97. The predicted molar refractivity (Wildman–Crippen MR) is 104 cm³/mol. The fourth-order valence-corrected chi connectivity index (χ4v) is 4.16. The third-order valence-corrected chi connectivity index (χ3v) is 5.55. The van der Waals surface area contributed by atoms with Gasteiger partial charge in [0.1, 0.15) is 0 Å². The van der Waals surface area contributed by atoms with Crippen molar-refractivity contribution in [1.82, 2.24) is 0 Å². The first-order valence-electron chi connectivity index (χ1n) is 9.25. The average molecular weight is 394 g/mol. The second-order valence-corrected chi connectivity index (χ2v) is 6.98. The minimum absolute atomic E-state index is 0.202. The minimum atomic E-state index is -0.497. The van der Waals surface area contributed by atoms with Crippen molar-refractivity contribution in [3.63, 3.8) is 0 Å². The molecule has 7 nitrogen and oxygen atoms in total. The van der Waals surface area contributed by atoms with Crippen molar-refractivity contribution in [2.45, 2.75) is 12.5 Å². The maximum absolute atomic E-state index is 12.6. The highest BCUT2D eigenvalue weighted by Crippen LogP contribution is 2.43. The van der Waals surface area contributed by atoms with Gasteiger partial charge in [-0.15, -0.1) is 0 Å². The molecule has 2 aliphatic heterocycles. The molecular weight excluding hydrogens is 374 g/mol. The van der Waals surface area contributed by atoms with Crippen LogP contribution in [0.2, 0.25) is 0 Å². The van der Waals surface area contributed by atoms with Crippen LogP contribution in [0, 0.1) is 0 Å². The Labute approximate surface area is 167 Å². The number of fused-ring (bicyclic) bond motifs is 5.